The Labute approximate surface area is 162 Å². The summed E-state index contributed by atoms with van der Waals surface area (Å²) >= 11 is 0. The Hall–Kier alpha value is -1.60. The van der Waals surface area contributed by atoms with E-state index in [0.717, 1.165) is 44.2 Å². The van der Waals surface area contributed by atoms with Crippen LogP contribution in [0.15, 0.2) is 6.07 Å². The monoisotopic (exact) mass is 393 g/mol. The Morgan fingerprint density at radius 3 is 2.26 bits per heavy atom. The van der Waals surface area contributed by atoms with Gasteiger partial charge in [0.2, 0.25) is 10.0 Å². The third-order valence-corrected chi connectivity index (χ3v) is 7.09. The number of hydrogen-bond acceptors (Lipinski definition) is 4. The smallest absolute Gasteiger partial charge is 0.307 e. The van der Waals surface area contributed by atoms with Crippen LogP contribution in [-0.4, -0.2) is 44.7 Å². The number of carbonyl (C=O) groups excluding carboxylic acids is 1. The number of amides is 2. The second kappa shape index (κ2) is 8.19. The van der Waals surface area contributed by atoms with Crippen LogP contribution in [0.25, 0.3) is 0 Å². The van der Waals surface area contributed by atoms with Gasteiger partial charge < -0.3 is 10.2 Å². The van der Waals surface area contributed by atoms with Crippen molar-refractivity contribution in [3.63, 3.8) is 0 Å². The van der Waals surface area contributed by atoms with Crippen molar-refractivity contribution in [3.05, 3.63) is 28.3 Å². The molecule has 0 aromatic heterocycles. The van der Waals surface area contributed by atoms with E-state index in [0.29, 0.717) is 19.0 Å². The predicted octanol–water partition coefficient (Wildman–Crippen LogP) is 2.85. The number of benzene rings is 1. The molecule has 0 heterocycles. The lowest BCUT2D eigenvalue weighted by atomic mass is 9.99. The zero-order valence-corrected chi connectivity index (χ0v) is 17.4. The first-order chi connectivity index (χ1) is 12.8. The molecule has 2 N–H and O–H groups in total. The quantitative estimate of drug-likeness (QED) is 0.747. The molecule has 0 atom stereocenters. The minimum absolute atomic E-state index is 0.0531. The number of sulfonamides is 1. The maximum atomic E-state index is 12.4. The molecule has 0 radical (unpaired) electrons. The summed E-state index contributed by atoms with van der Waals surface area (Å²) in [6, 6.07) is 2.02. The van der Waals surface area contributed by atoms with Crippen molar-refractivity contribution in [3.8, 4) is 0 Å². The van der Waals surface area contributed by atoms with E-state index in [2.05, 4.69) is 34.9 Å². The highest BCUT2D eigenvalue weighted by atomic mass is 32.2. The second-order valence-corrected chi connectivity index (χ2v) is 9.88. The molecule has 1 aromatic carbocycles. The molecular weight excluding hydrogens is 362 g/mol. The van der Waals surface area contributed by atoms with Gasteiger partial charge in [-0.3, -0.25) is 0 Å². The minimum Gasteiger partial charge on any atom is -0.307 e. The highest BCUT2D eigenvalue weighted by molar-refractivity contribution is 7.90. The number of carbonyl (C=O) groups is 1. The van der Waals surface area contributed by atoms with Crippen LogP contribution in [-0.2, 0) is 35.7 Å². The first kappa shape index (κ1) is 20.1. The average Bonchev–Trinajstić information content (AvgIpc) is 3.22. The van der Waals surface area contributed by atoms with Crippen LogP contribution >= 0.6 is 0 Å². The van der Waals surface area contributed by atoms with Gasteiger partial charge in [0.05, 0.1) is 5.75 Å². The van der Waals surface area contributed by atoms with Crippen molar-refractivity contribution < 1.29 is 13.2 Å². The van der Waals surface area contributed by atoms with Crippen molar-refractivity contribution in [2.45, 2.75) is 64.8 Å². The number of urea groups is 1. The topological polar surface area (TPSA) is 78.5 Å². The fraction of sp³-hybridized carbons (Fsp3) is 0.650. The maximum Gasteiger partial charge on any atom is 0.332 e. The Morgan fingerprint density at radius 1 is 1.11 bits per heavy atom. The Kier molecular flexibility index (Phi) is 6.11. The Bertz CT molecular complexity index is 786. The van der Waals surface area contributed by atoms with Crippen LogP contribution in [0.4, 0.5) is 10.5 Å². The van der Waals surface area contributed by atoms with Crippen molar-refractivity contribution >= 4 is 21.7 Å². The molecular formula is C20H31N3O3S. The minimum atomic E-state index is -3.64. The first-order valence-electron chi connectivity index (χ1n) is 9.95. The molecule has 0 saturated heterocycles. The van der Waals surface area contributed by atoms with E-state index < -0.39 is 16.1 Å². The standard InChI is InChI=1S/C20H31N3O3S/c1-14(2)23(3)11-6-12-27(25,26)22-20(24)21-19-17-9-4-7-15(17)13-16-8-5-10-18(16)19/h13-14H,4-12H2,1-3H3,(H2,21,22,24). The molecule has 0 saturated carbocycles. The van der Waals surface area contributed by atoms with Gasteiger partial charge in [-0.15, -0.1) is 0 Å². The molecule has 0 spiro atoms. The van der Waals surface area contributed by atoms with Gasteiger partial charge in [-0.05, 0) is 94.6 Å². The SMILES string of the molecule is CC(C)N(C)CCCS(=O)(=O)NC(=O)Nc1c2c(cc3c1CCC3)CCC2. The number of fused-ring (bicyclic) bond motifs is 2. The highest BCUT2D eigenvalue weighted by Crippen LogP contribution is 2.38. The van der Waals surface area contributed by atoms with Crippen molar-refractivity contribution in [2.24, 2.45) is 0 Å². The third kappa shape index (κ3) is 4.82. The van der Waals surface area contributed by atoms with Crippen LogP contribution in [0.2, 0.25) is 0 Å². The van der Waals surface area contributed by atoms with Gasteiger partial charge in [0.15, 0.2) is 0 Å². The molecule has 2 aliphatic rings. The maximum absolute atomic E-state index is 12.4. The van der Waals surface area contributed by atoms with E-state index in [4.69, 9.17) is 0 Å². The van der Waals surface area contributed by atoms with Crippen molar-refractivity contribution in [1.29, 1.82) is 0 Å². The van der Waals surface area contributed by atoms with Gasteiger partial charge in [0.1, 0.15) is 0 Å². The number of nitrogens with zero attached hydrogens (tertiary/aromatic N) is 1. The van der Waals surface area contributed by atoms with E-state index in [-0.39, 0.29) is 5.75 Å². The molecule has 2 amide bonds. The van der Waals surface area contributed by atoms with Gasteiger partial charge in [0, 0.05) is 11.7 Å². The van der Waals surface area contributed by atoms with Gasteiger partial charge in [-0.2, -0.15) is 0 Å². The largest absolute Gasteiger partial charge is 0.332 e. The molecule has 27 heavy (non-hydrogen) atoms. The number of anilines is 1. The summed E-state index contributed by atoms with van der Waals surface area (Å²) in [6.07, 6.45) is 6.67. The van der Waals surface area contributed by atoms with Crippen LogP contribution in [0.3, 0.4) is 0 Å². The van der Waals surface area contributed by atoms with Gasteiger partial charge >= 0.3 is 6.03 Å². The highest BCUT2D eigenvalue weighted by Gasteiger charge is 2.25. The Morgan fingerprint density at radius 2 is 1.70 bits per heavy atom. The summed E-state index contributed by atoms with van der Waals surface area (Å²) < 4.78 is 26.7. The molecule has 1 aromatic rings. The van der Waals surface area contributed by atoms with E-state index >= 15 is 0 Å². The summed E-state index contributed by atoms with van der Waals surface area (Å²) in [6.45, 7) is 4.81. The zero-order valence-electron chi connectivity index (χ0n) is 16.6. The summed E-state index contributed by atoms with van der Waals surface area (Å²) in [5.74, 6) is -0.0531. The number of hydrogen-bond donors (Lipinski definition) is 2. The van der Waals surface area contributed by atoms with Crippen molar-refractivity contribution in [2.75, 3.05) is 24.7 Å². The van der Waals surface area contributed by atoms with E-state index in [1.165, 1.54) is 22.3 Å². The Balaban J connectivity index is 1.63. The molecule has 150 valence electrons. The van der Waals surface area contributed by atoms with E-state index in [1.807, 2.05) is 7.05 Å². The summed E-state index contributed by atoms with van der Waals surface area (Å²) in [7, 11) is -1.67. The molecule has 0 unspecified atom stereocenters. The normalized spacial score (nSPS) is 15.9. The molecule has 0 bridgehead atoms. The third-order valence-electron chi connectivity index (χ3n) is 5.77. The first-order valence-corrected chi connectivity index (χ1v) is 11.6. The fourth-order valence-electron chi connectivity index (χ4n) is 4.06. The number of rotatable bonds is 7. The van der Waals surface area contributed by atoms with E-state index in [9.17, 15) is 13.2 Å². The molecule has 7 heteroatoms. The van der Waals surface area contributed by atoms with Crippen molar-refractivity contribution in [1.82, 2.24) is 9.62 Å². The molecule has 0 fully saturated rings. The summed E-state index contributed by atoms with van der Waals surface area (Å²) in [4.78, 5) is 14.5. The van der Waals surface area contributed by atoms with E-state index in [1.54, 1.807) is 0 Å². The lowest BCUT2D eigenvalue weighted by molar-refractivity contribution is 0.256. The summed E-state index contributed by atoms with van der Waals surface area (Å²) in [5, 5.41) is 2.88. The van der Waals surface area contributed by atoms with Gasteiger partial charge in [-0.25, -0.2) is 17.9 Å². The van der Waals surface area contributed by atoms with Crippen LogP contribution in [0.1, 0.15) is 55.4 Å². The fourth-order valence-corrected chi connectivity index (χ4v) is 5.01. The number of aryl methyl sites for hydroxylation is 2. The molecule has 6 nitrogen and oxygen atoms in total. The van der Waals surface area contributed by atoms with Crippen LogP contribution in [0, 0.1) is 0 Å². The average molecular weight is 394 g/mol. The zero-order chi connectivity index (χ0) is 19.6. The lowest BCUT2D eigenvalue weighted by Gasteiger charge is -2.20. The molecule has 3 rings (SSSR count). The van der Waals surface area contributed by atoms with Gasteiger partial charge in [0.25, 0.3) is 0 Å². The molecule has 0 aliphatic heterocycles. The summed E-state index contributed by atoms with van der Waals surface area (Å²) in [5.41, 5.74) is 5.88. The second-order valence-electron chi connectivity index (χ2n) is 8.04. The predicted molar refractivity (Wildman–Crippen MR) is 109 cm³/mol. The van der Waals surface area contributed by atoms with Gasteiger partial charge in [-0.1, -0.05) is 6.07 Å². The van der Waals surface area contributed by atoms with Crippen LogP contribution < -0.4 is 10.0 Å². The molecule has 2 aliphatic carbocycles. The lowest BCUT2D eigenvalue weighted by Crippen LogP contribution is -2.37. The number of nitrogens with one attached hydrogen (secondary N) is 2. The van der Waals surface area contributed by atoms with Crippen LogP contribution in [0.5, 0.6) is 0 Å².